The molecule has 1 aliphatic rings. The number of aromatic carboxylic acids is 1. The molecular formula is C14H18FN3O3. The lowest BCUT2D eigenvalue weighted by Crippen LogP contribution is -2.29. The highest BCUT2D eigenvalue weighted by Gasteiger charge is 2.18. The number of nitrogens with two attached hydrogens (primary N) is 1. The van der Waals surface area contributed by atoms with Crippen molar-refractivity contribution in [2.45, 2.75) is 19.3 Å². The molecule has 114 valence electrons. The van der Waals surface area contributed by atoms with Crippen LogP contribution in [0.15, 0.2) is 12.1 Å². The second-order valence-electron chi connectivity index (χ2n) is 4.99. The number of hydrogen-bond donors (Lipinski definition) is 3. The molecule has 0 saturated carbocycles. The third kappa shape index (κ3) is 3.62. The highest BCUT2D eigenvalue weighted by Crippen LogP contribution is 2.22. The molecule has 1 heterocycles. The predicted octanol–water partition coefficient (Wildman–Crippen LogP) is 1.53. The van der Waals surface area contributed by atoms with Gasteiger partial charge in [-0.05, 0) is 25.0 Å². The van der Waals surface area contributed by atoms with Crippen molar-refractivity contribution in [3.05, 3.63) is 23.5 Å². The summed E-state index contributed by atoms with van der Waals surface area (Å²) in [4.78, 5) is 24.6. The Morgan fingerprint density at radius 2 is 2.00 bits per heavy atom. The van der Waals surface area contributed by atoms with E-state index in [1.54, 1.807) is 4.90 Å². The molecule has 0 atom stereocenters. The van der Waals surface area contributed by atoms with Crippen molar-refractivity contribution in [3.8, 4) is 0 Å². The lowest BCUT2D eigenvalue weighted by atomic mass is 10.1. The van der Waals surface area contributed by atoms with E-state index in [1.807, 2.05) is 0 Å². The molecule has 0 aliphatic carbocycles. The molecule has 0 aromatic heterocycles. The fourth-order valence-corrected chi connectivity index (χ4v) is 2.34. The quantitative estimate of drug-likeness (QED) is 0.716. The van der Waals surface area contributed by atoms with Gasteiger partial charge in [0.15, 0.2) is 0 Å². The molecule has 2 rings (SSSR count). The van der Waals surface area contributed by atoms with Crippen LogP contribution in [0, 0.1) is 5.82 Å². The Balaban J connectivity index is 1.95. The Kier molecular flexibility index (Phi) is 4.62. The summed E-state index contributed by atoms with van der Waals surface area (Å²) in [6.07, 6.45) is 2.29. The third-order valence-corrected chi connectivity index (χ3v) is 3.48. The number of carbonyl (C=O) groups excluding carboxylic acids is 1. The summed E-state index contributed by atoms with van der Waals surface area (Å²) >= 11 is 0. The van der Waals surface area contributed by atoms with Crippen molar-refractivity contribution in [1.82, 2.24) is 4.90 Å². The van der Waals surface area contributed by atoms with Gasteiger partial charge in [0.2, 0.25) is 5.91 Å². The second kappa shape index (κ2) is 6.43. The van der Waals surface area contributed by atoms with Gasteiger partial charge in [-0.3, -0.25) is 4.79 Å². The topological polar surface area (TPSA) is 95.7 Å². The standard InChI is InChI=1S/C14H18FN3O3/c15-10-8-11(16)9(14(20)21)7-12(10)17-4-3-13(19)18-5-1-2-6-18/h7-8,17H,1-6,16H2,(H,20,21). The zero-order chi connectivity index (χ0) is 15.4. The van der Waals surface area contributed by atoms with E-state index < -0.39 is 11.8 Å². The Labute approximate surface area is 121 Å². The molecule has 7 heteroatoms. The van der Waals surface area contributed by atoms with Crippen molar-refractivity contribution in [2.24, 2.45) is 0 Å². The maximum absolute atomic E-state index is 13.7. The van der Waals surface area contributed by atoms with E-state index in [0.29, 0.717) is 0 Å². The van der Waals surface area contributed by atoms with Gasteiger partial charge in [-0.1, -0.05) is 0 Å². The summed E-state index contributed by atoms with van der Waals surface area (Å²) in [6, 6.07) is 2.11. The number of halogens is 1. The van der Waals surface area contributed by atoms with Gasteiger partial charge in [-0.15, -0.1) is 0 Å². The van der Waals surface area contributed by atoms with Crippen LogP contribution in [0.1, 0.15) is 29.6 Å². The van der Waals surface area contributed by atoms with Gasteiger partial charge in [0, 0.05) is 31.7 Å². The number of carbonyl (C=O) groups is 2. The summed E-state index contributed by atoms with van der Waals surface area (Å²) < 4.78 is 13.7. The van der Waals surface area contributed by atoms with E-state index >= 15 is 0 Å². The van der Waals surface area contributed by atoms with E-state index in [4.69, 9.17) is 10.8 Å². The number of rotatable bonds is 5. The Bertz CT molecular complexity index is 557. The van der Waals surface area contributed by atoms with Gasteiger partial charge < -0.3 is 21.1 Å². The largest absolute Gasteiger partial charge is 0.478 e. The van der Waals surface area contributed by atoms with E-state index in [-0.39, 0.29) is 35.8 Å². The summed E-state index contributed by atoms with van der Waals surface area (Å²) in [5, 5.41) is 11.7. The molecule has 1 saturated heterocycles. The maximum atomic E-state index is 13.7. The first-order valence-corrected chi connectivity index (χ1v) is 6.83. The molecule has 0 bridgehead atoms. The summed E-state index contributed by atoms with van der Waals surface area (Å²) in [6.45, 7) is 1.80. The van der Waals surface area contributed by atoms with E-state index in [9.17, 15) is 14.0 Å². The zero-order valence-electron chi connectivity index (χ0n) is 11.6. The fraction of sp³-hybridized carbons (Fsp3) is 0.429. The number of likely N-dealkylation sites (tertiary alicyclic amines) is 1. The summed E-state index contributed by atoms with van der Waals surface area (Å²) in [7, 11) is 0. The van der Waals surface area contributed by atoms with Crippen molar-refractivity contribution < 1.29 is 19.1 Å². The van der Waals surface area contributed by atoms with Crippen LogP contribution >= 0.6 is 0 Å². The third-order valence-electron chi connectivity index (χ3n) is 3.48. The molecule has 0 spiro atoms. The molecular weight excluding hydrogens is 277 g/mol. The molecule has 1 aromatic rings. The van der Waals surface area contributed by atoms with Crippen LogP contribution < -0.4 is 11.1 Å². The van der Waals surface area contributed by atoms with Crippen LogP contribution in [0.4, 0.5) is 15.8 Å². The van der Waals surface area contributed by atoms with Crippen LogP contribution in [-0.4, -0.2) is 41.5 Å². The van der Waals surface area contributed by atoms with E-state index in [2.05, 4.69) is 5.32 Å². The molecule has 1 fully saturated rings. The number of carboxylic acid groups (broad SMARTS) is 1. The number of anilines is 2. The van der Waals surface area contributed by atoms with Gasteiger partial charge in [-0.25, -0.2) is 9.18 Å². The summed E-state index contributed by atoms with van der Waals surface area (Å²) in [5.41, 5.74) is 5.19. The highest BCUT2D eigenvalue weighted by molar-refractivity contribution is 5.94. The number of amides is 1. The van der Waals surface area contributed by atoms with Gasteiger partial charge >= 0.3 is 5.97 Å². The number of hydrogen-bond acceptors (Lipinski definition) is 4. The zero-order valence-corrected chi connectivity index (χ0v) is 11.6. The van der Waals surface area contributed by atoms with Gasteiger partial charge in [0.1, 0.15) is 5.82 Å². The SMILES string of the molecule is Nc1cc(F)c(NCCC(=O)N2CCCC2)cc1C(=O)O. The van der Waals surface area contributed by atoms with Crippen LogP contribution in [-0.2, 0) is 4.79 Å². The van der Waals surface area contributed by atoms with Crippen molar-refractivity contribution in [1.29, 1.82) is 0 Å². The summed E-state index contributed by atoms with van der Waals surface area (Å²) in [5.74, 6) is -1.83. The number of nitrogen functional groups attached to an aromatic ring is 1. The second-order valence-corrected chi connectivity index (χ2v) is 4.99. The molecule has 6 nitrogen and oxygen atoms in total. The smallest absolute Gasteiger partial charge is 0.337 e. The van der Waals surface area contributed by atoms with Crippen molar-refractivity contribution >= 4 is 23.3 Å². The fourth-order valence-electron chi connectivity index (χ4n) is 2.34. The van der Waals surface area contributed by atoms with Crippen LogP contribution in [0.25, 0.3) is 0 Å². The first-order chi connectivity index (χ1) is 9.99. The molecule has 1 aromatic carbocycles. The number of benzene rings is 1. The van der Waals surface area contributed by atoms with Gasteiger partial charge in [-0.2, -0.15) is 0 Å². The van der Waals surface area contributed by atoms with Crippen LogP contribution in [0.5, 0.6) is 0 Å². The highest BCUT2D eigenvalue weighted by atomic mass is 19.1. The van der Waals surface area contributed by atoms with Crippen LogP contribution in [0.3, 0.4) is 0 Å². The number of carboxylic acids is 1. The predicted molar refractivity (Wildman–Crippen MR) is 76.7 cm³/mol. The average molecular weight is 295 g/mol. The first-order valence-electron chi connectivity index (χ1n) is 6.83. The maximum Gasteiger partial charge on any atom is 0.337 e. The Hall–Kier alpha value is -2.31. The molecule has 1 amide bonds. The van der Waals surface area contributed by atoms with Crippen molar-refractivity contribution in [2.75, 3.05) is 30.7 Å². The minimum atomic E-state index is -1.22. The average Bonchev–Trinajstić information content (AvgIpc) is 2.94. The van der Waals surface area contributed by atoms with Crippen LogP contribution in [0.2, 0.25) is 0 Å². The molecule has 4 N–H and O–H groups in total. The van der Waals surface area contributed by atoms with Gasteiger partial charge in [0.05, 0.1) is 11.3 Å². The van der Waals surface area contributed by atoms with Crippen molar-refractivity contribution in [3.63, 3.8) is 0 Å². The number of nitrogens with one attached hydrogen (secondary N) is 1. The van der Waals surface area contributed by atoms with E-state index in [1.165, 1.54) is 0 Å². The monoisotopic (exact) mass is 295 g/mol. The minimum absolute atomic E-state index is 0.0225. The lowest BCUT2D eigenvalue weighted by molar-refractivity contribution is -0.129. The molecule has 1 aliphatic heterocycles. The molecule has 21 heavy (non-hydrogen) atoms. The minimum Gasteiger partial charge on any atom is -0.478 e. The lowest BCUT2D eigenvalue weighted by Gasteiger charge is -2.16. The van der Waals surface area contributed by atoms with E-state index in [0.717, 1.165) is 38.1 Å². The number of nitrogens with zero attached hydrogens (tertiary/aromatic N) is 1. The molecule has 0 radical (unpaired) electrons. The van der Waals surface area contributed by atoms with Gasteiger partial charge in [0.25, 0.3) is 0 Å². The first kappa shape index (κ1) is 15.1. The Morgan fingerprint density at radius 1 is 1.33 bits per heavy atom. The normalized spacial score (nSPS) is 14.2. The Morgan fingerprint density at radius 3 is 2.62 bits per heavy atom. The molecule has 0 unspecified atom stereocenters.